The Kier molecular flexibility index (Phi) is 5.27. The third-order valence-corrected chi connectivity index (χ3v) is 4.09. The van der Waals surface area contributed by atoms with Crippen LogP contribution in [0.4, 0.5) is 0 Å². The van der Waals surface area contributed by atoms with Crippen LogP contribution in [0.1, 0.15) is 37.1 Å². The summed E-state index contributed by atoms with van der Waals surface area (Å²) in [6.45, 7) is 0.807. The molecule has 0 saturated heterocycles. The van der Waals surface area contributed by atoms with E-state index in [9.17, 15) is 0 Å². The van der Waals surface area contributed by atoms with E-state index in [-0.39, 0.29) is 0 Å². The Hall–Kier alpha value is -2.07. The van der Waals surface area contributed by atoms with Gasteiger partial charge in [0.2, 0.25) is 0 Å². The Morgan fingerprint density at radius 3 is 2.64 bits per heavy atom. The molecule has 1 N–H and O–H groups in total. The van der Waals surface area contributed by atoms with Crippen molar-refractivity contribution in [3.63, 3.8) is 0 Å². The molecule has 0 unspecified atom stereocenters. The molecule has 2 heterocycles. The summed E-state index contributed by atoms with van der Waals surface area (Å²) in [7, 11) is 0. The van der Waals surface area contributed by atoms with Crippen molar-refractivity contribution in [1.82, 2.24) is 15.3 Å². The number of nitrogens with one attached hydrogen (secondary N) is 1. The number of aliphatic imine (C=N–C) groups is 1. The summed E-state index contributed by atoms with van der Waals surface area (Å²) in [6.07, 6.45) is 10.4. The summed E-state index contributed by atoms with van der Waals surface area (Å²) in [5, 5.41) is 3.63. The van der Waals surface area contributed by atoms with Gasteiger partial charge in [-0.2, -0.15) is 0 Å². The smallest absolute Gasteiger partial charge is 0.0807 e. The molecule has 3 rings (SSSR count). The maximum absolute atomic E-state index is 4.78. The van der Waals surface area contributed by atoms with Crippen molar-refractivity contribution in [3.8, 4) is 0 Å². The highest BCUT2D eigenvalue weighted by molar-refractivity contribution is 5.76. The van der Waals surface area contributed by atoms with E-state index in [1.165, 1.54) is 19.3 Å². The molecule has 1 saturated carbocycles. The molecule has 2 aromatic rings. The molecule has 2 atom stereocenters. The van der Waals surface area contributed by atoms with Gasteiger partial charge in [-0.15, -0.1) is 0 Å². The Labute approximate surface area is 131 Å². The Morgan fingerprint density at radius 2 is 1.86 bits per heavy atom. The summed E-state index contributed by atoms with van der Waals surface area (Å²) in [6, 6.07) is 12.7. The maximum atomic E-state index is 4.78. The zero-order chi connectivity index (χ0) is 15.0. The first-order chi connectivity index (χ1) is 10.9. The van der Waals surface area contributed by atoms with Crippen molar-refractivity contribution < 1.29 is 0 Å². The van der Waals surface area contributed by atoms with Crippen molar-refractivity contribution in [2.75, 3.05) is 0 Å². The number of hydrogen-bond donors (Lipinski definition) is 1. The minimum Gasteiger partial charge on any atom is -0.306 e. The van der Waals surface area contributed by atoms with Gasteiger partial charge >= 0.3 is 0 Å². The highest BCUT2D eigenvalue weighted by atomic mass is 15.0. The van der Waals surface area contributed by atoms with Crippen LogP contribution in [0.25, 0.3) is 0 Å². The van der Waals surface area contributed by atoms with E-state index in [4.69, 9.17) is 4.99 Å². The van der Waals surface area contributed by atoms with Crippen LogP contribution in [0.5, 0.6) is 0 Å². The fraction of sp³-hybridized carbons (Fsp3) is 0.389. The van der Waals surface area contributed by atoms with E-state index in [1.807, 2.05) is 42.7 Å². The zero-order valence-electron chi connectivity index (χ0n) is 12.7. The minimum absolute atomic E-state index is 0.333. The van der Waals surface area contributed by atoms with Gasteiger partial charge in [0.15, 0.2) is 0 Å². The molecule has 4 nitrogen and oxygen atoms in total. The maximum Gasteiger partial charge on any atom is 0.0807 e. The molecule has 1 aliphatic rings. The third kappa shape index (κ3) is 4.21. The molecular weight excluding hydrogens is 272 g/mol. The van der Waals surface area contributed by atoms with Crippen molar-refractivity contribution in [2.45, 2.75) is 44.3 Å². The molecule has 2 aromatic heterocycles. The fourth-order valence-electron chi connectivity index (χ4n) is 2.89. The lowest BCUT2D eigenvalue weighted by Crippen LogP contribution is -2.41. The molecule has 0 radical (unpaired) electrons. The molecule has 0 spiro atoms. The second-order valence-corrected chi connectivity index (χ2v) is 5.69. The SMILES string of the molecule is C(=N[C@H]1CCCC[C@H]1NCc1ccccn1)c1ccccn1. The van der Waals surface area contributed by atoms with Crippen molar-refractivity contribution in [1.29, 1.82) is 0 Å². The largest absolute Gasteiger partial charge is 0.306 e. The lowest BCUT2D eigenvalue weighted by atomic mass is 9.90. The van der Waals surface area contributed by atoms with Gasteiger partial charge in [-0.05, 0) is 37.1 Å². The van der Waals surface area contributed by atoms with Gasteiger partial charge in [0, 0.05) is 31.2 Å². The quantitative estimate of drug-likeness (QED) is 0.862. The Bertz CT molecular complexity index is 583. The van der Waals surface area contributed by atoms with Gasteiger partial charge < -0.3 is 5.32 Å². The molecular formula is C18H22N4. The Balaban J connectivity index is 1.60. The molecule has 1 fully saturated rings. The second-order valence-electron chi connectivity index (χ2n) is 5.69. The standard InChI is InChI=1S/C18H22N4/c1-2-10-18(22-14-16-8-4-6-12-20-16)17(9-1)21-13-15-7-3-5-11-19-15/h3-8,11-13,17-18,22H,1-2,9-10,14H2/t17-,18+/m0/s1. The second kappa shape index (κ2) is 7.80. The molecule has 0 bridgehead atoms. The van der Waals surface area contributed by atoms with E-state index in [0.29, 0.717) is 12.1 Å². The van der Waals surface area contributed by atoms with Gasteiger partial charge in [0.1, 0.15) is 0 Å². The predicted molar refractivity (Wildman–Crippen MR) is 89.0 cm³/mol. The van der Waals surface area contributed by atoms with Crippen LogP contribution in [0.15, 0.2) is 53.8 Å². The molecule has 0 amide bonds. The Morgan fingerprint density at radius 1 is 1.05 bits per heavy atom. The van der Waals surface area contributed by atoms with Crippen LogP contribution in [0.3, 0.4) is 0 Å². The average molecular weight is 294 g/mol. The summed E-state index contributed by atoms with van der Waals surface area (Å²) < 4.78 is 0. The molecule has 1 aliphatic carbocycles. The van der Waals surface area contributed by atoms with Crippen LogP contribution in [-0.2, 0) is 6.54 Å². The number of rotatable bonds is 5. The summed E-state index contributed by atoms with van der Waals surface area (Å²) >= 11 is 0. The molecule has 22 heavy (non-hydrogen) atoms. The van der Waals surface area contributed by atoms with Crippen LogP contribution in [0.2, 0.25) is 0 Å². The lowest BCUT2D eigenvalue weighted by Gasteiger charge is -2.29. The topological polar surface area (TPSA) is 50.2 Å². The molecule has 0 aromatic carbocycles. The van der Waals surface area contributed by atoms with E-state index < -0.39 is 0 Å². The number of pyridine rings is 2. The van der Waals surface area contributed by atoms with Crippen LogP contribution < -0.4 is 5.32 Å². The third-order valence-electron chi connectivity index (χ3n) is 4.09. The summed E-state index contributed by atoms with van der Waals surface area (Å²) in [5.74, 6) is 0. The number of nitrogens with zero attached hydrogens (tertiary/aromatic N) is 3. The van der Waals surface area contributed by atoms with Gasteiger partial charge in [0.05, 0.1) is 17.4 Å². The van der Waals surface area contributed by atoms with Crippen molar-refractivity contribution in [2.24, 2.45) is 4.99 Å². The minimum atomic E-state index is 0.333. The zero-order valence-corrected chi connectivity index (χ0v) is 12.7. The number of hydrogen-bond acceptors (Lipinski definition) is 4. The number of aromatic nitrogens is 2. The fourth-order valence-corrected chi connectivity index (χ4v) is 2.89. The van der Waals surface area contributed by atoms with E-state index in [0.717, 1.165) is 24.4 Å². The van der Waals surface area contributed by atoms with Crippen molar-refractivity contribution in [3.05, 3.63) is 60.2 Å². The first kappa shape index (κ1) is 14.9. The van der Waals surface area contributed by atoms with Gasteiger partial charge in [0.25, 0.3) is 0 Å². The van der Waals surface area contributed by atoms with E-state index in [2.05, 4.69) is 21.4 Å². The first-order valence-corrected chi connectivity index (χ1v) is 7.99. The van der Waals surface area contributed by atoms with Gasteiger partial charge in [-0.3, -0.25) is 15.0 Å². The highest BCUT2D eigenvalue weighted by Crippen LogP contribution is 2.21. The van der Waals surface area contributed by atoms with Crippen LogP contribution in [0, 0.1) is 0 Å². The molecule has 114 valence electrons. The highest BCUT2D eigenvalue weighted by Gasteiger charge is 2.23. The van der Waals surface area contributed by atoms with Crippen molar-refractivity contribution >= 4 is 6.21 Å². The van der Waals surface area contributed by atoms with Gasteiger partial charge in [-0.1, -0.05) is 25.0 Å². The summed E-state index contributed by atoms with van der Waals surface area (Å²) in [4.78, 5) is 13.4. The van der Waals surface area contributed by atoms with Crippen LogP contribution in [-0.4, -0.2) is 28.3 Å². The first-order valence-electron chi connectivity index (χ1n) is 7.99. The van der Waals surface area contributed by atoms with E-state index >= 15 is 0 Å². The molecule has 0 aliphatic heterocycles. The lowest BCUT2D eigenvalue weighted by molar-refractivity contribution is 0.328. The normalized spacial score (nSPS) is 22.0. The molecule has 4 heteroatoms. The predicted octanol–water partition coefficient (Wildman–Crippen LogP) is 3.00. The average Bonchev–Trinajstić information content (AvgIpc) is 2.61. The summed E-state index contributed by atoms with van der Waals surface area (Å²) in [5.41, 5.74) is 2.01. The van der Waals surface area contributed by atoms with Crippen LogP contribution >= 0.6 is 0 Å². The monoisotopic (exact) mass is 294 g/mol. The van der Waals surface area contributed by atoms with E-state index in [1.54, 1.807) is 6.20 Å². The van der Waals surface area contributed by atoms with Gasteiger partial charge in [-0.25, -0.2) is 0 Å².